The Morgan fingerprint density at radius 3 is 3.00 bits per heavy atom. The summed E-state index contributed by atoms with van der Waals surface area (Å²) >= 11 is 0. The molecule has 1 amide bonds. The number of fused-ring (bicyclic) bond motifs is 1. The van der Waals surface area contributed by atoms with Gasteiger partial charge in [0.15, 0.2) is 0 Å². The lowest BCUT2D eigenvalue weighted by Crippen LogP contribution is -2.23. The minimum absolute atomic E-state index is 0.00148. The topological polar surface area (TPSA) is 70.7 Å². The van der Waals surface area contributed by atoms with E-state index in [1.54, 1.807) is 6.20 Å². The van der Waals surface area contributed by atoms with Crippen LogP contribution in [0.1, 0.15) is 36.1 Å². The number of hydrogen-bond donors (Lipinski definition) is 2. The molecule has 1 aliphatic rings. The monoisotopic (exact) mass is 242 g/mol. The summed E-state index contributed by atoms with van der Waals surface area (Å²) in [6, 6.07) is 4.06. The molecule has 5 heteroatoms. The van der Waals surface area contributed by atoms with E-state index in [2.05, 4.69) is 33.5 Å². The molecule has 0 fully saturated rings. The number of H-pyrrole nitrogens is 1. The largest absolute Gasteiger partial charge is 0.311 e. The van der Waals surface area contributed by atoms with Crippen LogP contribution in [0.3, 0.4) is 0 Å². The van der Waals surface area contributed by atoms with Gasteiger partial charge < -0.3 is 5.32 Å². The number of amides is 1. The summed E-state index contributed by atoms with van der Waals surface area (Å²) in [6.07, 6.45) is 5.02. The summed E-state index contributed by atoms with van der Waals surface area (Å²) in [5.74, 6) is 0.689. The fourth-order valence-electron chi connectivity index (χ4n) is 2.26. The van der Waals surface area contributed by atoms with Crippen molar-refractivity contribution in [1.82, 2.24) is 15.2 Å². The predicted octanol–water partition coefficient (Wildman–Crippen LogP) is 1.84. The molecule has 2 N–H and O–H groups in total. The van der Waals surface area contributed by atoms with Gasteiger partial charge in [0.05, 0.1) is 6.20 Å². The van der Waals surface area contributed by atoms with Crippen LogP contribution in [0.5, 0.6) is 0 Å². The molecule has 3 rings (SSSR count). The molecular formula is C13H14N4O. The van der Waals surface area contributed by atoms with Crippen LogP contribution in [0.2, 0.25) is 0 Å². The molecule has 0 bridgehead atoms. The number of carbonyl (C=O) groups is 1. The molecule has 0 saturated heterocycles. The van der Waals surface area contributed by atoms with Crippen LogP contribution in [-0.4, -0.2) is 21.1 Å². The fourth-order valence-corrected chi connectivity index (χ4v) is 2.26. The molecule has 0 aromatic carbocycles. The first kappa shape index (κ1) is 11.0. The van der Waals surface area contributed by atoms with Crippen LogP contribution in [0.4, 0.5) is 5.82 Å². The summed E-state index contributed by atoms with van der Waals surface area (Å²) in [6.45, 7) is 2.10. The molecule has 5 nitrogen and oxygen atoms in total. The number of aromatic nitrogens is 3. The van der Waals surface area contributed by atoms with E-state index in [-0.39, 0.29) is 11.8 Å². The quantitative estimate of drug-likeness (QED) is 0.844. The van der Waals surface area contributed by atoms with Crippen molar-refractivity contribution < 1.29 is 4.79 Å². The molecule has 0 spiro atoms. The van der Waals surface area contributed by atoms with Crippen molar-refractivity contribution in [2.45, 2.75) is 25.7 Å². The SMILES string of the molecule is CCc1ccc(C2CC(=O)Nc3[nH]ncc32)nc1. The van der Waals surface area contributed by atoms with Crippen LogP contribution < -0.4 is 5.32 Å². The van der Waals surface area contributed by atoms with Crippen LogP contribution in [0, 0.1) is 0 Å². The summed E-state index contributed by atoms with van der Waals surface area (Å²) in [5.41, 5.74) is 3.13. The highest BCUT2D eigenvalue weighted by Crippen LogP contribution is 2.34. The van der Waals surface area contributed by atoms with Crippen molar-refractivity contribution in [1.29, 1.82) is 0 Å². The van der Waals surface area contributed by atoms with Gasteiger partial charge in [-0.25, -0.2) is 0 Å². The standard InChI is InChI=1S/C13H14N4O/c1-2-8-3-4-11(14-6-8)9-5-12(18)16-13-10(9)7-15-17-13/h3-4,6-7,9H,2,5H2,1H3,(H2,15,16,17,18). The Bertz CT molecular complexity index is 573. The summed E-state index contributed by atoms with van der Waals surface area (Å²) in [7, 11) is 0. The average molecular weight is 242 g/mol. The van der Waals surface area contributed by atoms with Gasteiger partial charge in [0.1, 0.15) is 5.82 Å². The van der Waals surface area contributed by atoms with E-state index in [0.29, 0.717) is 12.2 Å². The lowest BCUT2D eigenvalue weighted by molar-refractivity contribution is -0.116. The van der Waals surface area contributed by atoms with Crippen molar-refractivity contribution >= 4 is 11.7 Å². The van der Waals surface area contributed by atoms with Gasteiger partial charge in [-0.15, -0.1) is 0 Å². The first-order chi connectivity index (χ1) is 8.78. The highest BCUT2D eigenvalue weighted by molar-refractivity contribution is 5.94. The first-order valence-corrected chi connectivity index (χ1v) is 6.06. The zero-order valence-corrected chi connectivity index (χ0v) is 10.1. The number of rotatable bonds is 2. The Labute approximate surface area is 105 Å². The van der Waals surface area contributed by atoms with Gasteiger partial charge in [0, 0.05) is 29.8 Å². The Hall–Kier alpha value is -2.17. The molecule has 3 heterocycles. The van der Waals surface area contributed by atoms with Gasteiger partial charge >= 0.3 is 0 Å². The van der Waals surface area contributed by atoms with Crippen molar-refractivity contribution in [3.05, 3.63) is 41.3 Å². The molecular weight excluding hydrogens is 228 g/mol. The van der Waals surface area contributed by atoms with Crippen LogP contribution in [0.15, 0.2) is 24.5 Å². The molecule has 18 heavy (non-hydrogen) atoms. The van der Waals surface area contributed by atoms with E-state index in [1.807, 2.05) is 12.3 Å². The van der Waals surface area contributed by atoms with Crippen molar-refractivity contribution in [2.75, 3.05) is 5.32 Å². The lowest BCUT2D eigenvalue weighted by atomic mass is 9.90. The maximum Gasteiger partial charge on any atom is 0.226 e. The molecule has 0 radical (unpaired) electrons. The third-order valence-electron chi connectivity index (χ3n) is 3.31. The number of aromatic amines is 1. The van der Waals surface area contributed by atoms with Crippen LogP contribution in [0.25, 0.3) is 0 Å². The number of nitrogens with zero attached hydrogens (tertiary/aromatic N) is 2. The Morgan fingerprint density at radius 2 is 2.28 bits per heavy atom. The highest BCUT2D eigenvalue weighted by Gasteiger charge is 2.28. The number of aryl methyl sites for hydroxylation is 1. The average Bonchev–Trinajstić information content (AvgIpc) is 2.86. The molecule has 2 aromatic heterocycles. The normalized spacial score (nSPS) is 18.3. The van der Waals surface area contributed by atoms with Crippen LogP contribution in [-0.2, 0) is 11.2 Å². The summed E-state index contributed by atoms with van der Waals surface area (Å²) < 4.78 is 0. The summed E-state index contributed by atoms with van der Waals surface area (Å²) in [5, 5.41) is 9.56. The van der Waals surface area contributed by atoms with Gasteiger partial charge in [-0.05, 0) is 18.1 Å². The number of pyridine rings is 1. The number of nitrogens with one attached hydrogen (secondary N) is 2. The smallest absolute Gasteiger partial charge is 0.226 e. The first-order valence-electron chi connectivity index (χ1n) is 6.06. The third kappa shape index (κ3) is 1.77. The molecule has 1 atom stereocenters. The third-order valence-corrected chi connectivity index (χ3v) is 3.31. The van der Waals surface area contributed by atoms with Crippen LogP contribution >= 0.6 is 0 Å². The minimum atomic E-state index is -0.00174. The van der Waals surface area contributed by atoms with Gasteiger partial charge in [-0.1, -0.05) is 13.0 Å². The van der Waals surface area contributed by atoms with Crippen molar-refractivity contribution in [2.24, 2.45) is 0 Å². The van der Waals surface area contributed by atoms with E-state index >= 15 is 0 Å². The molecule has 2 aromatic rings. The zero-order valence-electron chi connectivity index (χ0n) is 10.1. The summed E-state index contributed by atoms with van der Waals surface area (Å²) in [4.78, 5) is 16.1. The predicted molar refractivity (Wildman–Crippen MR) is 67.3 cm³/mol. The molecule has 0 aliphatic carbocycles. The van der Waals surface area contributed by atoms with E-state index in [1.165, 1.54) is 5.56 Å². The van der Waals surface area contributed by atoms with Gasteiger partial charge in [-0.2, -0.15) is 5.10 Å². The second-order valence-electron chi connectivity index (χ2n) is 4.45. The highest BCUT2D eigenvalue weighted by atomic mass is 16.1. The zero-order chi connectivity index (χ0) is 12.5. The van der Waals surface area contributed by atoms with E-state index in [0.717, 1.165) is 17.7 Å². The Kier molecular flexibility index (Phi) is 2.59. The number of hydrogen-bond acceptors (Lipinski definition) is 3. The maximum absolute atomic E-state index is 11.6. The number of carbonyl (C=O) groups excluding carboxylic acids is 1. The lowest BCUT2D eigenvalue weighted by Gasteiger charge is -2.21. The minimum Gasteiger partial charge on any atom is -0.311 e. The molecule has 0 saturated carbocycles. The molecule has 92 valence electrons. The van der Waals surface area contributed by atoms with Crippen molar-refractivity contribution in [3.63, 3.8) is 0 Å². The molecule has 1 unspecified atom stereocenters. The fraction of sp³-hybridized carbons (Fsp3) is 0.308. The Morgan fingerprint density at radius 1 is 1.39 bits per heavy atom. The Balaban J connectivity index is 1.99. The number of anilines is 1. The van der Waals surface area contributed by atoms with Gasteiger partial charge in [0.25, 0.3) is 0 Å². The maximum atomic E-state index is 11.6. The second kappa shape index (κ2) is 4.25. The second-order valence-corrected chi connectivity index (χ2v) is 4.45. The van der Waals surface area contributed by atoms with Gasteiger partial charge in [0.2, 0.25) is 5.91 Å². The molecule has 1 aliphatic heterocycles. The van der Waals surface area contributed by atoms with Crippen molar-refractivity contribution in [3.8, 4) is 0 Å². The van der Waals surface area contributed by atoms with E-state index < -0.39 is 0 Å². The van der Waals surface area contributed by atoms with E-state index in [4.69, 9.17) is 0 Å². The van der Waals surface area contributed by atoms with Gasteiger partial charge in [-0.3, -0.25) is 14.9 Å². The van der Waals surface area contributed by atoms with E-state index in [9.17, 15) is 4.79 Å².